The van der Waals surface area contributed by atoms with Crippen LogP contribution in [0.1, 0.15) is 45.1 Å². The van der Waals surface area contributed by atoms with Crippen molar-refractivity contribution < 1.29 is 0 Å². The van der Waals surface area contributed by atoms with Gasteiger partial charge < -0.3 is 5.32 Å². The molecule has 0 amide bonds. The van der Waals surface area contributed by atoms with Crippen LogP contribution < -0.4 is 5.32 Å². The number of aryl methyl sites for hydroxylation is 1. The maximum Gasteiger partial charge on any atom is 0.110 e. The summed E-state index contributed by atoms with van der Waals surface area (Å²) in [6.07, 6.45) is 4.43. The first-order valence-electron chi connectivity index (χ1n) is 7.99. The molecular weight excluding hydrogens is 258 g/mol. The maximum absolute atomic E-state index is 4.48. The number of para-hydroxylation sites is 1. The van der Waals surface area contributed by atoms with Crippen molar-refractivity contribution in [1.82, 2.24) is 14.9 Å². The number of nitrogens with zero attached hydrogens (tertiary/aromatic N) is 2. The van der Waals surface area contributed by atoms with E-state index in [1.165, 1.54) is 24.2 Å². The van der Waals surface area contributed by atoms with Crippen molar-refractivity contribution in [2.75, 3.05) is 0 Å². The predicted octanol–water partition coefficient (Wildman–Crippen LogP) is 4.10. The van der Waals surface area contributed by atoms with Crippen LogP contribution in [-0.4, -0.2) is 15.6 Å². The van der Waals surface area contributed by atoms with Gasteiger partial charge in [0, 0.05) is 18.3 Å². The van der Waals surface area contributed by atoms with Crippen molar-refractivity contribution in [2.45, 2.75) is 53.1 Å². The lowest BCUT2D eigenvalue weighted by molar-refractivity contribution is 0.351. The summed E-state index contributed by atoms with van der Waals surface area (Å²) in [6, 6.07) is 11.0. The highest BCUT2D eigenvalue weighted by Crippen LogP contribution is 2.16. The molecule has 1 N–H and O–H groups in total. The highest BCUT2D eigenvalue weighted by Gasteiger charge is 2.14. The molecule has 0 bridgehead atoms. The standard InChI is InChI=1S/C18H27N3/c1-5-16(6-2)14(3)19-12-18-13-20-15(4)21(18)17-10-8-7-9-11-17/h7-11,13-14,16,19H,5-6,12H2,1-4H3. The summed E-state index contributed by atoms with van der Waals surface area (Å²) in [7, 11) is 0. The van der Waals surface area contributed by atoms with Gasteiger partial charge in [-0.3, -0.25) is 4.57 Å². The Bertz CT molecular complexity index is 541. The molecule has 3 nitrogen and oxygen atoms in total. The minimum absolute atomic E-state index is 0.527. The molecular formula is C18H27N3. The van der Waals surface area contributed by atoms with E-state index in [-0.39, 0.29) is 0 Å². The Morgan fingerprint density at radius 1 is 1.14 bits per heavy atom. The van der Waals surface area contributed by atoms with Gasteiger partial charge in [-0.05, 0) is 31.9 Å². The number of rotatable bonds is 7. The van der Waals surface area contributed by atoms with Gasteiger partial charge in [0.2, 0.25) is 0 Å². The number of hydrogen-bond acceptors (Lipinski definition) is 2. The molecule has 0 aliphatic rings. The maximum atomic E-state index is 4.48. The molecule has 0 fully saturated rings. The summed E-state index contributed by atoms with van der Waals surface area (Å²) in [5, 5.41) is 3.66. The van der Waals surface area contributed by atoms with Crippen molar-refractivity contribution in [2.24, 2.45) is 5.92 Å². The molecule has 0 aliphatic carbocycles. The third kappa shape index (κ3) is 3.73. The average Bonchev–Trinajstić information content (AvgIpc) is 2.88. The molecule has 1 atom stereocenters. The van der Waals surface area contributed by atoms with Gasteiger partial charge in [0.25, 0.3) is 0 Å². The Kier molecular flexibility index (Phi) is 5.57. The molecule has 1 unspecified atom stereocenters. The molecule has 1 heterocycles. The molecule has 0 spiro atoms. The van der Waals surface area contributed by atoms with Crippen LogP contribution in [0.3, 0.4) is 0 Å². The topological polar surface area (TPSA) is 29.9 Å². The molecule has 21 heavy (non-hydrogen) atoms. The summed E-state index contributed by atoms with van der Waals surface area (Å²) in [6.45, 7) is 9.73. The summed E-state index contributed by atoms with van der Waals surface area (Å²) >= 11 is 0. The van der Waals surface area contributed by atoms with E-state index in [9.17, 15) is 0 Å². The van der Waals surface area contributed by atoms with E-state index in [0.717, 1.165) is 18.3 Å². The Balaban J connectivity index is 2.12. The fourth-order valence-corrected chi connectivity index (χ4v) is 2.97. The SMILES string of the molecule is CCC(CC)C(C)NCc1cnc(C)n1-c1ccccc1. The average molecular weight is 285 g/mol. The van der Waals surface area contributed by atoms with Crippen LogP contribution in [0.15, 0.2) is 36.5 Å². The first kappa shape index (κ1) is 15.8. The van der Waals surface area contributed by atoms with Crippen LogP contribution in [0.2, 0.25) is 0 Å². The third-order valence-electron chi connectivity index (χ3n) is 4.39. The lowest BCUT2D eigenvalue weighted by Crippen LogP contribution is -2.33. The molecule has 0 saturated heterocycles. The lowest BCUT2D eigenvalue weighted by Gasteiger charge is -2.23. The number of hydrogen-bond donors (Lipinski definition) is 1. The van der Waals surface area contributed by atoms with Crippen LogP contribution in [0.25, 0.3) is 5.69 Å². The van der Waals surface area contributed by atoms with Crippen molar-refractivity contribution >= 4 is 0 Å². The minimum atomic E-state index is 0.527. The van der Waals surface area contributed by atoms with E-state index >= 15 is 0 Å². The number of aromatic nitrogens is 2. The van der Waals surface area contributed by atoms with Gasteiger partial charge in [0.05, 0.1) is 11.9 Å². The molecule has 2 aromatic rings. The highest BCUT2D eigenvalue weighted by atomic mass is 15.1. The zero-order valence-corrected chi connectivity index (χ0v) is 13.6. The quantitative estimate of drug-likeness (QED) is 0.830. The summed E-state index contributed by atoms with van der Waals surface area (Å²) in [4.78, 5) is 4.48. The second-order valence-electron chi connectivity index (χ2n) is 5.71. The minimum Gasteiger partial charge on any atom is -0.308 e. The normalized spacial score (nSPS) is 12.8. The molecule has 1 aromatic heterocycles. The second-order valence-corrected chi connectivity index (χ2v) is 5.71. The van der Waals surface area contributed by atoms with Crippen LogP contribution in [-0.2, 0) is 6.54 Å². The van der Waals surface area contributed by atoms with Crippen LogP contribution in [0, 0.1) is 12.8 Å². The smallest absolute Gasteiger partial charge is 0.110 e. The van der Waals surface area contributed by atoms with Crippen molar-refractivity contribution in [1.29, 1.82) is 0 Å². The van der Waals surface area contributed by atoms with E-state index in [0.29, 0.717) is 6.04 Å². The van der Waals surface area contributed by atoms with Gasteiger partial charge in [0.15, 0.2) is 0 Å². The van der Waals surface area contributed by atoms with Crippen LogP contribution >= 0.6 is 0 Å². The Morgan fingerprint density at radius 2 is 1.81 bits per heavy atom. The number of imidazole rings is 1. The first-order valence-corrected chi connectivity index (χ1v) is 7.99. The fourth-order valence-electron chi connectivity index (χ4n) is 2.97. The van der Waals surface area contributed by atoms with E-state index < -0.39 is 0 Å². The molecule has 3 heteroatoms. The van der Waals surface area contributed by atoms with Gasteiger partial charge in [-0.25, -0.2) is 4.98 Å². The van der Waals surface area contributed by atoms with Gasteiger partial charge in [-0.1, -0.05) is 44.9 Å². The Labute approximate surface area is 128 Å². The van der Waals surface area contributed by atoms with Crippen LogP contribution in [0.4, 0.5) is 0 Å². The zero-order valence-electron chi connectivity index (χ0n) is 13.6. The lowest BCUT2D eigenvalue weighted by atomic mass is 9.95. The zero-order chi connectivity index (χ0) is 15.2. The second kappa shape index (κ2) is 7.41. The van der Waals surface area contributed by atoms with Crippen LogP contribution in [0.5, 0.6) is 0 Å². The monoisotopic (exact) mass is 285 g/mol. The van der Waals surface area contributed by atoms with E-state index in [1.807, 2.05) is 12.3 Å². The Morgan fingerprint density at radius 3 is 2.43 bits per heavy atom. The summed E-state index contributed by atoms with van der Waals surface area (Å²) in [5.41, 5.74) is 2.40. The van der Waals surface area contributed by atoms with Crippen molar-refractivity contribution in [3.8, 4) is 5.69 Å². The van der Waals surface area contributed by atoms with E-state index in [4.69, 9.17) is 0 Å². The molecule has 114 valence electrons. The molecule has 0 saturated carbocycles. The van der Waals surface area contributed by atoms with Crippen molar-refractivity contribution in [3.05, 3.63) is 48.0 Å². The Hall–Kier alpha value is -1.61. The van der Waals surface area contributed by atoms with Gasteiger partial charge in [-0.2, -0.15) is 0 Å². The number of nitrogens with one attached hydrogen (secondary N) is 1. The van der Waals surface area contributed by atoms with E-state index in [2.05, 4.69) is 66.8 Å². The molecule has 1 aromatic carbocycles. The third-order valence-corrected chi connectivity index (χ3v) is 4.39. The predicted molar refractivity (Wildman–Crippen MR) is 88.7 cm³/mol. The number of benzene rings is 1. The van der Waals surface area contributed by atoms with Gasteiger partial charge in [-0.15, -0.1) is 0 Å². The van der Waals surface area contributed by atoms with Gasteiger partial charge in [0.1, 0.15) is 5.82 Å². The molecule has 2 rings (SSSR count). The molecule has 0 aliphatic heterocycles. The first-order chi connectivity index (χ1) is 10.2. The van der Waals surface area contributed by atoms with E-state index in [1.54, 1.807) is 0 Å². The summed E-state index contributed by atoms with van der Waals surface area (Å²) < 4.78 is 2.23. The highest BCUT2D eigenvalue weighted by molar-refractivity contribution is 5.35. The van der Waals surface area contributed by atoms with Gasteiger partial charge >= 0.3 is 0 Å². The van der Waals surface area contributed by atoms with Crippen molar-refractivity contribution in [3.63, 3.8) is 0 Å². The largest absolute Gasteiger partial charge is 0.308 e. The fraction of sp³-hybridized carbons (Fsp3) is 0.500. The molecule has 0 radical (unpaired) electrons. The summed E-state index contributed by atoms with van der Waals surface area (Å²) in [5.74, 6) is 1.77.